The number of hydrogen-bond acceptors (Lipinski definition) is 4. The van der Waals surface area contributed by atoms with E-state index in [4.69, 9.17) is 23.2 Å². The summed E-state index contributed by atoms with van der Waals surface area (Å²) in [5, 5.41) is 43.4. The largest absolute Gasteiger partial charge is 0.507 e. The zero-order valence-corrected chi connectivity index (χ0v) is 29.0. The van der Waals surface area contributed by atoms with Gasteiger partial charge in [-0.1, -0.05) is 71.7 Å². The third-order valence-electron chi connectivity index (χ3n) is 9.12. The fraction of sp³-hybridized carbons (Fsp3) is 0.250. The van der Waals surface area contributed by atoms with Gasteiger partial charge in [0.05, 0.1) is 0 Å². The van der Waals surface area contributed by atoms with Gasteiger partial charge in [-0.3, -0.25) is 0 Å². The molecule has 0 spiro atoms. The molecule has 0 heterocycles. The molecule has 4 nitrogen and oxygen atoms in total. The standard InChI is InChI=1S/C40H40Cl2O4/c1-19-9-27(10-20(2)37(19)43)35(28-11-21(3)38(44)22(4)12-28)31-17-34(42)32(18-33(31)41)36(29-13-23(5)39(45)24(6)14-29)30-15-25(7)40(46)26(8)16-30/h9-18,35-36,43-46H,1-8H3. The fourth-order valence-corrected chi connectivity index (χ4v) is 7.31. The molecule has 5 aromatic rings. The van der Waals surface area contributed by atoms with E-state index >= 15 is 0 Å². The summed E-state index contributed by atoms with van der Waals surface area (Å²) < 4.78 is 0. The van der Waals surface area contributed by atoms with E-state index in [1.54, 1.807) is 0 Å². The van der Waals surface area contributed by atoms with E-state index in [1.165, 1.54) is 0 Å². The summed E-state index contributed by atoms with van der Waals surface area (Å²) >= 11 is 14.5. The molecule has 0 amide bonds. The molecule has 5 rings (SSSR count). The third-order valence-corrected chi connectivity index (χ3v) is 9.78. The van der Waals surface area contributed by atoms with Crippen molar-refractivity contribution in [2.45, 2.75) is 67.2 Å². The first kappa shape index (κ1) is 33.2. The van der Waals surface area contributed by atoms with Crippen LogP contribution in [-0.2, 0) is 0 Å². The molecular formula is C40H40Cl2O4. The van der Waals surface area contributed by atoms with Crippen LogP contribution in [0.4, 0.5) is 0 Å². The molecule has 0 bridgehead atoms. The zero-order valence-electron chi connectivity index (χ0n) is 27.5. The third kappa shape index (κ3) is 6.04. The minimum absolute atomic E-state index is 0.252. The number of aromatic hydroxyl groups is 4. The van der Waals surface area contributed by atoms with Gasteiger partial charge in [-0.15, -0.1) is 0 Å². The van der Waals surface area contributed by atoms with Crippen LogP contribution in [0.25, 0.3) is 0 Å². The van der Waals surface area contributed by atoms with Crippen molar-refractivity contribution in [2.24, 2.45) is 0 Å². The number of phenols is 4. The predicted octanol–water partition coefficient (Wildman–Crippen LogP) is 10.6. The van der Waals surface area contributed by atoms with Gasteiger partial charge in [0.25, 0.3) is 0 Å². The normalized spacial score (nSPS) is 11.6. The molecular weight excluding hydrogens is 615 g/mol. The van der Waals surface area contributed by atoms with Crippen LogP contribution >= 0.6 is 23.2 Å². The first-order chi connectivity index (χ1) is 21.6. The summed E-state index contributed by atoms with van der Waals surface area (Å²) in [7, 11) is 0. The summed E-state index contributed by atoms with van der Waals surface area (Å²) in [6.45, 7) is 15.0. The van der Waals surface area contributed by atoms with Crippen LogP contribution in [0.1, 0.15) is 89.7 Å². The van der Waals surface area contributed by atoms with Gasteiger partial charge in [-0.25, -0.2) is 0 Å². The second kappa shape index (κ2) is 12.6. The number of rotatable bonds is 6. The second-order valence-electron chi connectivity index (χ2n) is 12.8. The SMILES string of the molecule is Cc1cc(C(c2cc(C)c(O)c(C)c2)c2cc(Cl)c(C(c3cc(C)c(O)c(C)c3)c3cc(C)c(O)c(C)c3)cc2Cl)cc(C)c1O. The van der Waals surface area contributed by atoms with E-state index in [-0.39, 0.29) is 34.8 Å². The highest BCUT2D eigenvalue weighted by Gasteiger charge is 2.28. The number of phenolic OH excluding ortho intramolecular Hbond substituents is 4. The number of benzene rings is 5. The van der Waals surface area contributed by atoms with Gasteiger partial charge in [0.2, 0.25) is 0 Å². The van der Waals surface area contributed by atoms with Gasteiger partial charge in [0.15, 0.2) is 0 Å². The molecule has 6 heteroatoms. The van der Waals surface area contributed by atoms with Crippen LogP contribution in [0.3, 0.4) is 0 Å². The molecule has 0 saturated carbocycles. The average molecular weight is 656 g/mol. The summed E-state index contributed by atoms with van der Waals surface area (Å²) in [5.41, 5.74) is 11.4. The van der Waals surface area contributed by atoms with Crippen LogP contribution in [0.5, 0.6) is 23.0 Å². The first-order valence-electron chi connectivity index (χ1n) is 15.3. The molecule has 0 saturated heterocycles. The van der Waals surface area contributed by atoms with Crippen molar-refractivity contribution in [1.82, 2.24) is 0 Å². The Morgan fingerprint density at radius 1 is 0.348 bits per heavy atom. The molecule has 4 N–H and O–H groups in total. The van der Waals surface area contributed by atoms with E-state index in [1.807, 2.05) is 116 Å². The Balaban J connectivity index is 1.79. The summed E-state index contributed by atoms with van der Waals surface area (Å²) in [6.07, 6.45) is 0. The maximum Gasteiger partial charge on any atom is 0.121 e. The molecule has 0 aliphatic rings. The van der Waals surface area contributed by atoms with Crippen molar-refractivity contribution in [3.63, 3.8) is 0 Å². The lowest BCUT2D eigenvalue weighted by Gasteiger charge is -2.26. The van der Waals surface area contributed by atoms with Gasteiger partial charge in [-0.2, -0.15) is 0 Å². The monoisotopic (exact) mass is 654 g/mol. The van der Waals surface area contributed by atoms with E-state index in [9.17, 15) is 20.4 Å². The maximum atomic E-state index is 10.6. The fourth-order valence-electron chi connectivity index (χ4n) is 6.75. The average Bonchev–Trinajstić information content (AvgIpc) is 2.98. The summed E-state index contributed by atoms with van der Waals surface area (Å²) in [4.78, 5) is 0. The van der Waals surface area contributed by atoms with Crippen LogP contribution in [0.2, 0.25) is 10.0 Å². The molecule has 46 heavy (non-hydrogen) atoms. The van der Waals surface area contributed by atoms with E-state index in [0.717, 1.165) is 77.9 Å². The number of halogens is 2. The van der Waals surface area contributed by atoms with Gasteiger partial charge in [0.1, 0.15) is 23.0 Å². The Kier molecular flexibility index (Phi) is 9.10. The molecule has 0 fully saturated rings. The molecule has 0 aromatic heterocycles. The molecule has 0 aliphatic heterocycles. The van der Waals surface area contributed by atoms with Crippen molar-refractivity contribution < 1.29 is 20.4 Å². The van der Waals surface area contributed by atoms with Crippen molar-refractivity contribution in [3.05, 3.63) is 149 Å². The Morgan fingerprint density at radius 3 is 0.696 bits per heavy atom. The van der Waals surface area contributed by atoms with Crippen LogP contribution in [-0.4, -0.2) is 20.4 Å². The minimum atomic E-state index is -0.343. The van der Waals surface area contributed by atoms with Gasteiger partial charge in [0, 0.05) is 21.9 Å². The van der Waals surface area contributed by atoms with Gasteiger partial charge < -0.3 is 20.4 Å². The smallest absolute Gasteiger partial charge is 0.121 e. The predicted molar refractivity (Wildman–Crippen MR) is 189 cm³/mol. The quantitative estimate of drug-likeness (QED) is 0.137. The highest BCUT2D eigenvalue weighted by Crippen LogP contribution is 2.46. The lowest BCUT2D eigenvalue weighted by molar-refractivity contribution is 0.465. The zero-order chi connectivity index (χ0) is 33.8. The number of hydrogen-bond donors (Lipinski definition) is 4. The highest BCUT2D eigenvalue weighted by molar-refractivity contribution is 6.34. The molecule has 238 valence electrons. The molecule has 0 radical (unpaired) electrons. The van der Waals surface area contributed by atoms with Crippen molar-refractivity contribution in [1.29, 1.82) is 0 Å². The Labute approximate surface area is 281 Å². The molecule has 5 aromatic carbocycles. The Bertz CT molecular complexity index is 1660. The van der Waals surface area contributed by atoms with Crippen molar-refractivity contribution in [2.75, 3.05) is 0 Å². The summed E-state index contributed by atoms with van der Waals surface area (Å²) in [5.74, 6) is 0.321. The highest BCUT2D eigenvalue weighted by atomic mass is 35.5. The minimum Gasteiger partial charge on any atom is -0.507 e. The number of aryl methyl sites for hydroxylation is 8. The van der Waals surface area contributed by atoms with E-state index in [0.29, 0.717) is 10.0 Å². The van der Waals surface area contributed by atoms with E-state index < -0.39 is 0 Å². The van der Waals surface area contributed by atoms with Crippen LogP contribution in [0.15, 0.2) is 60.7 Å². The van der Waals surface area contributed by atoms with E-state index in [2.05, 4.69) is 0 Å². The lowest BCUT2D eigenvalue weighted by Crippen LogP contribution is -2.10. The second-order valence-corrected chi connectivity index (χ2v) is 13.6. The van der Waals surface area contributed by atoms with Crippen molar-refractivity contribution >= 4 is 23.2 Å². The topological polar surface area (TPSA) is 80.9 Å². The van der Waals surface area contributed by atoms with Gasteiger partial charge in [-0.05, 0) is 145 Å². The molecule has 0 unspecified atom stereocenters. The van der Waals surface area contributed by atoms with Gasteiger partial charge >= 0.3 is 0 Å². The maximum absolute atomic E-state index is 10.6. The first-order valence-corrected chi connectivity index (χ1v) is 16.0. The van der Waals surface area contributed by atoms with Crippen molar-refractivity contribution in [3.8, 4) is 23.0 Å². The van der Waals surface area contributed by atoms with Crippen LogP contribution in [0, 0.1) is 55.4 Å². The summed E-state index contributed by atoms with van der Waals surface area (Å²) in [6, 6.07) is 19.6. The Morgan fingerprint density at radius 2 is 0.522 bits per heavy atom. The Hall–Kier alpha value is -4.12. The van der Waals surface area contributed by atoms with Crippen LogP contribution < -0.4 is 0 Å². The lowest BCUT2D eigenvalue weighted by atomic mass is 9.79. The molecule has 0 atom stereocenters. The molecule has 0 aliphatic carbocycles.